The number of carbonyl (C=O) groups excluding carboxylic acids is 1. The first-order chi connectivity index (χ1) is 12.7. The standard InChI is InChI=1S/C19H23ClN2O4S/c1-5-22(6-2)27(24,25)18-11-14(8-10-17(18)26-4)19(23)21-15-9-7-13(3)16(20)12-15/h7-12H,5-6H2,1-4H3,(H,21,23). The molecule has 0 fully saturated rings. The lowest BCUT2D eigenvalue weighted by atomic mass is 10.2. The molecule has 0 aliphatic rings. The summed E-state index contributed by atoms with van der Waals surface area (Å²) in [5.74, 6) is -0.245. The zero-order chi connectivity index (χ0) is 20.2. The molecule has 2 aromatic rings. The summed E-state index contributed by atoms with van der Waals surface area (Å²) in [5, 5.41) is 3.26. The normalized spacial score (nSPS) is 11.5. The molecular weight excluding hydrogens is 388 g/mol. The van der Waals surface area contributed by atoms with Gasteiger partial charge >= 0.3 is 0 Å². The molecule has 1 N–H and O–H groups in total. The molecule has 2 aromatic carbocycles. The number of aryl methyl sites for hydroxylation is 1. The van der Waals surface area contributed by atoms with E-state index in [2.05, 4.69) is 5.32 Å². The molecule has 0 radical (unpaired) electrons. The monoisotopic (exact) mass is 410 g/mol. The van der Waals surface area contributed by atoms with E-state index in [0.717, 1.165) is 5.56 Å². The van der Waals surface area contributed by atoms with Crippen LogP contribution in [0.15, 0.2) is 41.3 Å². The van der Waals surface area contributed by atoms with E-state index in [1.807, 2.05) is 6.92 Å². The quantitative estimate of drug-likeness (QED) is 0.750. The minimum Gasteiger partial charge on any atom is -0.495 e. The van der Waals surface area contributed by atoms with Crippen LogP contribution in [0.1, 0.15) is 29.8 Å². The molecule has 0 aromatic heterocycles. The summed E-state index contributed by atoms with van der Waals surface area (Å²) in [6.45, 7) is 6.01. The van der Waals surface area contributed by atoms with Gasteiger partial charge in [-0.1, -0.05) is 31.5 Å². The van der Waals surface area contributed by atoms with Gasteiger partial charge in [0.15, 0.2) is 0 Å². The molecule has 0 saturated carbocycles. The first kappa shape index (κ1) is 21.2. The molecule has 8 heteroatoms. The number of carbonyl (C=O) groups is 1. The number of rotatable bonds is 7. The summed E-state index contributed by atoms with van der Waals surface area (Å²) in [5.41, 5.74) is 1.63. The lowest BCUT2D eigenvalue weighted by Crippen LogP contribution is -2.31. The van der Waals surface area contributed by atoms with Crippen LogP contribution in [0.25, 0.3) is 0 Å². The Kier molecular flexibility index (Phi) is 6.86. The Bertz CT molecular complexity index is 941. The van der Waals surface area contributed by atoms with Crippen LogP contribution in [0.3, 0.4) is 0 Å². The Morgan fingerprint density at radius 1 is 1.15 bits per heavy atom. The fourth-order valence-corrected chi connectivity index (χ4v) is 4.42. The maximum Gasteiger partial charge on any atom is 0.255 e. The molecule has 0 saturated heterocycles. The van der Waals surface area contributed by atoms with Gasteiger partial charge in [0.25, 0.3) is 5.91 Å². The van der Waals surface area contributed by atoms with Crippen molar-refractivity contribution < 1.29 is 17.9 Å². The summed E-state index contributed by atoms with van der Waals surface area (Å²) in [6.07, 6.45) is 0. The van der Waals surface area contributed by atoms with Crippen LogP contribution in [0.5, 0.6) is 5.75 Å². The van der Waals surface area contributed by atoms with Crippen LogP contribution >= 0.6 is 11.6 Å². The maximum absolute atomic E-state index is 12.9. The van der Waals surface area contributed by atoms with Crippen LogP contribution in [0, 0.1) is 6.92 Å². The molecule has 6 nitrogen and oxygen atoms in total. The molecule has 0 aliphatic heterocycles. The SMILES string of the molecule is CCN(CC)S(=O)(=O)c1cc(C(=O)Nc2ccc(C)c(Cl)c2)ccc1OC. The molecule has 0 aliphatic carbocycles. The number of ether oxygens (including phenoxy) is 1. The number of amides is 1. The number of hydrogen-bond acceptors (Lipinski definition) is 4. The van der Waals surface area contributed by atoms with Crippen molar-refractivity contribution in [2.75, 3.05) is 25.5 Å². The Labute approximate surface area is 165 Å². The van der Waals surface area contributed by atoms with Crippen LogP contribution in [-0.4, -0.2) is 38.8 Å². The first-order valence-corrected chi connectivity index (χ1v) is 10.3. The summed E-state index contributed by atoms with van der Waals surface area (Å²) in [4.78, 5) is 12.6. The Hall–Kier alpha value is -2.09. The van der Waals surface area contributed by atoms with E-state index in [1.54, 1.807) is 32.0 Å². The lowest BCUT2D eigenvalue weighted by Gasteiger charge is -2.20. The van der Waals surface area contributed by atoms with E-state index in [0.29, 0.717) is 23.8 Å². The fraction of sp³-hybridized carbons (Fsp3) is 0.316. The summed E-state index contributed by atoms with van der Waals surface area (Å²) in [7, 11) is -2.38. The van der Waals surface area contributed by atoms with E-state index < -0.39 is 15.9 Å². The van der Waals surface area contributed by atoms with E-state index in [4.69, 9.17) is 16.3 Å². The van der Waals surface area contributed by atoms with Crippen LogP contribution < -0.4 is 10.1 Å². The first-order valence-electron chi connectivity index (χ1n) is 8.50. The summed E-state index contributed by atoms with van der Waals surface area (Å²) >= 11 is 6.08. The number of sulfonamides is 1. The van der Waals surface area contributed by atoms with Crippen LogP contribution in [0.4, 0.5) is 5.69 Å². The Morgan fingerprint density at radius 2 is 1.81 bits per heavy atom. The Morgan fingerprint density at radius 3 is 2.37 bits per heavy atom. The van der Waals surface area contributed by atoms with Gasteiger partial charge in [-0.05, 0) is 42.8 Å². The fourth-order valence-electron chi connectivity index (χ4n) is 2.60. The molecular formula is C19H23ClN2O4S. The molecule has 2 rings (SSSR count). The molecule has 0 spiro atoms. The van der Waals surface area contributed by atoms with Crippen molar-refractivity contribution in [2.24, 2.45) is 0 Å². The minimum absolute atomic E-state index is 0.0386. The Balaban J connectivity index is 2.41. The van der Waals surface area contributed by atoms with E-state index >= 15 is 0 Å². The summed E-state index contributed by atoms with van der Waals surface area (Å²) < 4.78 is 32.3. The second-order valence-electron chi connectivity index (χ2n) is 5.87. The van der Waals surface area contributed by atoms with Gasteiger partial charge in [-0.25, -0.2) is 8.42 Å². The van der Waals surface area contributed by atoms with Gasteiger partial charge in [-0.2, -0.15) is 4.31 Å². The third-order valence-electron chi connectivity index (χ3n) is 4.18. The van der Waals surface area contributed by atoms with Crippen molar-refractivity contribution in [2.45, 2.75) is 25.7 Å². The molecule has 146 valence electrons. The van der Waals surface area contributed by atoms with Crippen molar-refractivity contribution in [3.63, 3.8) is 0 Å². The van der Waals surface area contributed by atoms with Crippen molar-refractivity contribution in [3.8, 4) is 5.75 Å². The van der Waals surface area contributed by atoms with Gasteiger partial charge in [-0.3, -0.25) is 4.79 Å². The number of methoxy groups -OCH3 is 1. The summed E-state index contributed by atoms with van der Waals surface area (Å²) in [6, 6.07) is 9.50. The molecule has 27 heavy (non-hydrogen) atoms. The van der Waals surface area contributed by atoms with Crippen molar-refractivity contribution in [1.82, 2.24) is 4.31 Å². The molecule has 0 unspecified atom stereocenters. The third-order valence-corrected chi connectivity index (χ3v) is 6.66. The zero-order valence-corrected chi connectivity index (χ0v) is 17.3. The van der Waals surface area contributed by atoms with Gasteiger partial charge in [0.1, 0.15) is 10.6 Å². The average Bonchev–Trinajstić information content (AvgIpc) is 2.65. The third kappa shape index (κ3) is 4.61. The van der Waals surface area contributed by atoms with E-state index in [-0.39, 0.29) is 16.2 Å². The van der Waals surface area contributed by atoms with Crippen molar-refractivity contribution >= 4 is 33.2 Å². The van der Waals surface area contributed by atoms with E-state index in [1.165, 1.54) is 29.6 Å². The number of halogens is 1. The van der Waals surface area contributed by atoms with E-state index in [9.17, 15) is 13.2 Å². The molecule has 0 heterocycles. The maximum atomic E-state index is 12.9. The predicted molar refractivity (Wildman–Crippen MR) is 107 cm³/mol. The zero-order valence-electron chi connectivity index (χ0n) is 15.7. The highest BCUT2D eigenvalue weighted by molar-refractivity contribution is 7.89. The number of benzene rings is 2. The molecule has 0 atom stereocenters. The highest BCUT2D eigenvalue weighted by Crippen LogP contribution is 2.28. The lowest BCUT2D eigenvalue weighted by molar-refractivity contribution is 0.102. The topological polar surface area (TPSA) is 75.7 Å². The number of anilines is 1. The highest BCUT2D eigenvalue weighted by Gasteiger charge is 2.26. The van der Waals surface area contributed by atoms with Crippen LogP contribution in [-0.2, 0) is 10.0 Å². The largest absolute Gasteiger partial charge is 0.495 e. The highest BCUT2D eigenvalue weighted by atomic mass is 35.5. The van der Waals surface area contributed by atoms with Crippen molar-refractivity contribution in [1.29, 1.82) is 0 Å². The van der Waals surface area contributed by atoms with Gasteiger partial charge in [-0.15, -0.1) is 0 Å². The average molecular weight is 411 g/mol. The van der Waals surface area contributed by atoms with Gasteiger partial charge in [0.05, 0.1) is 7.11 Å². The number of nitrogens with one attached hydrogen (secondary N) is 1. The van der Waals surface area contributed by atoms with Gasteiger partial charge in [0.2, 0.25) is 10.0 Å². The minimum atomic E-state index is -3.78. The van der Waals surface area contributed by atoms with Gasteiger partial charge < -0.3 is 10.1 Å². The van der Waals surface area contributed by atoms with Crippen molar-refractivity contribution in [3.05, 3.63) is 52.5 Å². The second-order valence-corrected chi connectivity index (χ2v) is 8.19. The predicted octanol–water partition coefficient (Wildman–Crippen LogP) is 3.94. The smallest absolute Gasteiger partial charge is 0.255 e. The van der Waals surface area contributed by atoms with Crippen LogP contribution in [0.2, 0.25) is 5.02 Å². The molecule has 1 amide bonds. The van der Waals surface area contributed by atoms with Gasteiger partial charge in [0, 0.05) is 29.4 Å². The number of nitrogens with zero attached hydrogens (tertiary/aromatic N) is 1. The second kappa shape index (κ2) is 8.73. The molecule has 0 bridgehead atoms. The number of hydrogen-bond donors (Lipinski definition) is 1.